The van der Waals surface area contributed by atoms with Crippen LogP contribution in [0.2, 0.25) is 0 Å². The summed E-state index contributed by atoms with van der Waals surface area (Å²) in [5.41, 5.74) is 2.29. The van der Waals surface area contributed by atoms with E-state index in [2.05, 4.69) is 10.3 Å². The van der Waals surface area contributed by atoms with Crippen LogP contribution in [-0.2, 0) is 6.54 Å². The quantitative estimate of drug-likeness (QED) is 0.888. The number of nitrogens with zero attached hydrogens (tertiary/aromatic N) is 1. The molecule has 0 fully saturated rings. The van der Waals surface area contributed by atoms with E-state index in [9.17, 15) is 18.0 Å². The van der Waals surface area contributed by atoms with Gasteiger partial charge in [0.1, 0.15) is 6.54 Å². The molecule has 0 unspecified atom stereocenters. The minimum absolute atomic E-state index is 0.209. The maximum Gasteiger partial charge on any atom is 0.405 e. The number of amides is 1. The van der Waals surface area contributed by atoms with Crippen LogP contribution in [0.15, 0.2) is 42.6 Å². The first-order valence-corrected chi connectivity index (χ1v) is 6.95. The van der Waals surface area contributed by atoms with Gasteiger partial charge in [-0.05, 0) is 36.8 Å². The molecule has 4 nitrogen and oxygen atoms in total. The van der Waals surface area contributed by atoms with Crippen molar-refractivity contribution in [2.45, 2.75) is 19.6 Å². The summed E-state index contributed by atoms with van der Waals surface area (Å²) < 4.78 is 36.6. The van der Waals surface area contributed by atoms with Crippen LogP contribution in [0.3, 0.4) is 0 Å². The lowest BCUT2D eigenvalue weighted by Gasteiger charge is -2.14. The van der Waals surface area contributed by atoms with Gasteiger partial charge in [-0.1, -0.05) is 12.1 Å². The zero-order valence-corrected chi connectivity index (χ0v) is 12.4. The van der Waals surface area contributed by atoms with Gasteiger partial charge >= 0.3 is 6.18 Å². The fourth-order valence-corrected chi connectivity index (χ4v) is 2.04. The molecule has 0 atom stereocenters. The first kappa shape index (κ1) is 16.8. The van der Waals surface area contributed by atoms with Gasteiger partial charge in [0.25, 0.3) is 5.91 Å². The zero-order valence-electron chi connectivity index (χ0n) is 12.4. The number of carbonyl (C=O) groups excluding carboxylic acids is 1. The molecule has 0 saturated carbocycles. The number of halogens is 3. The van der Waals surface area contributed by atoms with Gasteiger partial charge in [-0.2, -0.15) is 13.2 Å². The maximum absolute atomic E-state index is 12.2. The molecule has 2 rings (SSSR count). The molecule has 0 aliphatic rings. The van der Waals surface area contributed by atoms with Crippen LogP contribution in [0.25, 0.3) is 0 Å². The molecule has 1 aromatic heterocycles. The van der Waals surface area contributed by atoms with Gasteiger partial charge < -0.3 is 10.6 Å². The molecule has 0 radical (unpaired) electrons. The van der Waals surface area contributed by atoms with Crippen molar-refractivity contribution in [3.63, 3.8) is 0 Å². The van der Waals surface area contributed by atoms with Crippen molar-refractivity contribution in [2.75, 3.05) is 11.9 Å². The maximum atomic E-state index is 12.2. The predicted molar refractivity (Wildman–Crippen MR) is 81.1 cm³/mol. The van der Waals surface area contributed by atoms with Crippen molar-refractivity contribution < 1.29 is 18.0 Å². The number of hydrogen-bond donors (Lipinski definition) is 2. The lowest BCUT2D eigenvalue weighted by Crippen LogP contribution is -2.34. The van der Waals surface area contributed by atoms with E-state index in [4.69, 9.17) is 0 Å². The first-order chi connectivity index (χ1) is 10.9. The fraction of sp³-hybridized carbons (Fsp3) is 0.250. The summed E-state index contributed by atoms with van der Waals surface area (Å²) >= 11 is 0. The van der Waals surface area contributed by atoms with Crippen molar-refractivity contribution in [1.82, 2.24) is 10.3 Å². The van der Waals surface area contributed by atoms with E-state index in [0.717, 1.165) is 5.69 Å². The average Bonchev–Trinajstić information content (AvgIpc) is 2.52. The molecule has 0 aliphatic carbocycles. The fourth-order valence-electron chi connectivity index (χ4n) is 2.04. The Hall–Kier alpha value is -2.57. The summed E-state index contributed by atoms with van der Waals surface area (Å²) in [5, 5.41) is 5.01. The lowest BCUT2D eigenvalue weighted by atomic mass is 10.1. The third kappa shape index (κ3) is 4.98. The first-order valence-electron chi connectivity index (χ1n) is 6.95. The Labute approximate surface area is 131 Å². The van der Waals surface area contributed by atoms with Crippen LogP contribution < -0.4 is 10.6 Å². The molecule has 1 heterocycles. The molecule has 1 aromatic carbocycles. The number of carbonyl (C=O) groups is 1. The highest BCUT2D eigenvalue weighted by Gasteiger charge is 2.28. The van der Waals surface area contributed by atoms with E-state index in [0.29, 0.717) is 17.8 Å². The summed E-state index contributed by atoms with van der Waals surface area (Å²) in [6.45, 7) is 0.787. The molecule has 0 bridgehead atoms. The number of aromatic nitrogens is 1. The summed E-state index contributed by atoms with van der Waals surface area (Å²) in [7, 11) is 0. The van der Waals surface area contributed by atoms with Gasteiger partial charge in [-0.25, -0.2) is 0 Å². The molecule has 0 saturated heterocycles. The topological polar surface area (TPSA) is 54.0 Å². The normalized spacial score (nSPS) is 11.1. The van der Waals surface area contributed by atoms with E-state index >= 15 is 0 Å². The van der Waals surface area contributed by atoms with Crippen LogP contribution in [0.4, 0.5) is 18.9 Å². The Morgan fingerprint density at radius 2 is 1.96 bits per heavy atom. The third-order valence-electron chi connectivity index (χ3n) is 3.21. The standard InChI is InChI=1S/C16H16F3N3O/c1-11-13(15(23)22-10-16(17,18)19)6-4-7-14(11)21-9-12-5-2-3-8-20-12/h2-8,21H,9-10H2,1H3,(H,22,23). The number of hydrogen-bond acceptors (Lipinski definition) is 3. The monoisotopic (exact) mass is 323 g/mol. The Morgan fingerprint density at radius 3 is 2.61 bits per heavy atom. The molecule has 2 N–H and O–H groups in total. The van der Waals surface area contributed by atoms with Crippen molar-refractivity contribution in [1.29, 1.82) is 0 Å². The number of anilines is 1. The Kier molecular flexibility index (Phi) is 5.20. The summed E-state index contributed by atoms with van der Waals surface area (Å²) in [5.74, 6) is -0.749. The Bertz CT molecular complexity index is 672. The summed E-state index contributed by atoms with van der Waals surface area (Å²) in [4.78, 5) is 16.1. The number of nitrogens with one attached hydrogen (secondary N) is 2. The summed E-state index contributed by atoms with van der Waals surface area (Å²) in [6.07, 6.45) is -2.76. The van der Waals surface area contributed by atoms with E-state index in [-0.39, 0.29) is 5.56 Å². The molecule has 122 valence electrons. The van der Waals surface area contributed by atoms with Crippen LogP contribution >= 0.6 is 0 Å². The van der Waals surface area contributed by atoms with Crippen LogP contribution in [0.1, 0.15) is 21.6 Å². The minimum Gasteiger partial charge on any atom is -0.379 e. The number of benzene rings is 1. The number of rotatable bonds is 5. The largest absolute Gasteiger partial charge is 0.405 e. The average molecular weight is 323 g/mol. The molecule has 0 aliphatic heterocycles. The summed E-state index contributed by atoms with van der Waals surface area (Å²) in [6, 6.07) is 10.4. The van der Waals surface area contributed by atoms with E-state index < -0.39 is 18.6 Å². The van der Waals surface area contributed by atoms with E-state index in [1.807, 2.05) is 17.4 Å². The Morgan fingerprint density at radius 1 is 1.17 bits per heavy atom. The van der Waals surface area contributed by atoms with Crippen LogP contribution in [0, 0.1) is 6.92 Å². The second-order valence-electron chi connectivity index (χ2n) is 4.95. The van der Waals surface area contributed by atoms with Crippen LogP contribution in [-0.4, -0.2) is 23.6 Å². The van der Waals surface area contributed by atoms with Crippen molar-refractivity contribution in [3.05, 3.63) is 59.4 Å². The molecule has 1 amide bonds. The molecular weight excluding hydrogens is 307 g/mol. The Balaban J connectivity index is 2.07. The van der Waals surface area contributed by atoms with Gasteiger partial charge in [0.15, 0.2) is 0 Å². The predicted octanol–water partition coefficient (Wildman–Crippen LogP) is 3.29. The molecule has 7 heteroatoms. The van der Waals surface area contributed by atoms with Gasteiger partial charge in [0.2, 0.25) is 0 Å². The molecule has 23 heavy (non-hydrogen) atoms. The van der Waals surface area contributed by atoms with Gasteiger partial charge in [-0.15, -0.1) is 0 Å². The third-order valence-corrected chi connectivity index (χ3v) is 3.21. The van der Waals surface area contributed by atoms with Crippen molar-refractivity contribution in [2.24, 2.45) is 0 Å². The van der Waals surface area contributed by atoms with Crippen molar-refractivity contribution in [3.8, 4) is 0 Å². The number of alkyl halides is 3. The SMILES string of the molecule is Cc1c(NCc2ccccn2)cccc1C(=O)NCC(F)(F)F. The molecule has 2 aromatic rings. The molecular formula is C16H16F3N3O. The highest BCUT2D eigenvalue weighted by atomic mass is 19.4. The molecule has 0 spiro atoms. The lowest BCUT2D eigenvalue weighted by molar-refractivity contribution is -0.123. The van der Waals surface area contributed by atoms with Crippen molar-refractivity contribution >= 4 is 11.6 Å². The highest BCUT2D eigenvalue weighted by molar-refractivity contribution is 5.97. The minimum atomic E-state index is -4.43. The van der Waals surface area contributed by atoms with Crippen LogP contribution in [0.5, 0.6) is 0 Å². The van der Waals surface area contributed by atoms with Gasteiger partial charge in [-0.3, -0.25) is 9.78 Å². The van der Waals surface area contributed by atoms with E-state index in [1.165, 1.54) is 6.07 Å². The van der Waals surface area contributed by atoms with Gasteiger partial charge in [0, 0.05) is 17.4 Å². The zero-order chi connectivity index (χ0) is 16.9. The number of pyridine rings is 1. The second-order valence-corrected chi connectivity index (χ2v) is 4.95. The smallest absolute Gasteiger partial charge is 0.379 e. The highest BCUT2D eigenvalue weighted by Crippen LogP contribution is 2.20. The van der Waals surface area contributed by atoms with Gasteiger partial charge in [0.05, 0.1) is 12.2 Å². The second kappa shape index (κ2) is 7.13. The van der Waals surface area contributed by atoms with E-state index in [1.54, 1.807) is 31.3 Å².